The standard InChI is InChI=1S/C27H31ClN4O2.ClH/c1-18(2)16-33-25-8-6-21(28)14-20(25)15-26-29-24(17-34-26)27-30-22-7-5-19(13-23(22)31-27)9-12-32-10-3-4-11-32;/h5-8,13-14,17-18H,3-4,9-12,15-16H2,1-2H3,(H,30,31);1H. The number of ether oxygens (including phenoxy) is 1. The first-order valence-corrected chi connectivity index (χ1v) is 12.5. The monoisotopic (exact) mass is 514 g/mol. The Labute approximate surface area is 217 Å². The molecule has 0 radical (unpaired) electrons. The van der Waals surface area contributed by atoms with E-state index in [0.717, 1.165) is 35.3 Å². The van der Waals surface area contributed by atoms with Crippen LogP contribution in [0.25, 0.3) is 22.6 Å². The fraction of sp³-hybridized carbons (Fsp3) is 0.407. The molecule has 1 aliphatic heterocycles. The van der Waals surface area contributed by atoms with Gasteiger partial charge in [-0.25, -0.2) is 9.97 Å². The predicted octanol–water partition coefficient (Wildman–Crippen LogP) is 6.56. The van der Waals surface area contributed by atoms with Crippen molar-refractivity contribution in [2.45, 2.75) is 39.5 Å². The molecule has 1 fully saturated rings. The van der Waals surface area contributed by atoms with E-state index in [9.17, 15) is 0 Å². The molecule has 1 aliphatic rings. The van der Waals surface area contributed by atoms with Crippen LogP contribution in [0.1, 0.15) is 43.7 Å². The van der Waals surface area contributed by atoms with E-state index in [0.29, 0.717) is 41.4 Å². The van der Waals surface area contributed by atoms with Gasteiger partial charge in [0.2, 0.25) is 0 Å². The van der Waals surface area contributed by atoms with Crippen LogP contribution in [-0.4, -0.2) is 46.1 Å². The van der Waals surface area contributed by atoms with Crippen LogP contribution in [0.5, 0.6) is 5.75 Å². The summed E-state index contributed by atoms with van der Waals surface area (Å²) < 4.78 is 11.8. The second-order valence-corrected chi connectivity index (χ2v) is 9.93. The Kier molecular flexibility index (Phi) is 8.37. The van der Waals surface area contributed by atoms with E-state index >= 15 is 0 Å². The molecular formula is C27H32Cl2N4O2. The zero-order valence-corrected chi connectivity index (χ0v) is 21.8. The lowest BCUT2D eigenvalue weighted by molar-refractivity contribution is 0.268. The molecule has 0 aliphatic carbocycles. The van der Waals surface area contributed by atoms with E-state index in [1.807, 2.05) is 18.2 Å². The van der Waals surface area contributed by atoms with Crippen molar-refractivity contribution < 1.29 is 9.15 Å². The van der Waals surface area contributed by atoms with Crippen molar-refractivity contribution in [1.82, 2.24) is 19.9 Å². The number of halogens is 2. The lowest BCUT2D eigenvalue weighted by Crippen LogP contribution is -2.21. The number of oxazole rings is 1. The van der Waals surface area contributed by atoms with Crippen molar-refractivity contribution >= 4 is 35.0 Å². The average molecular weight is 515 g/mol. The molecule has 1 N–H and O–H groups in total. The highest BCUT2D eigenvalue weighted by atomic mass is 35.5. The summed E-state index contributed by atoms with van der Waals surface area (Å²) in [5.74, 6) is 2.55. The van der Waals surface area contributed by atoms with E-state index in [1.54, 1.807) is 6.26 Å². The Hall–Kier alpha value is -2.54. The molecule has 3 heterocycles. The van der Waals surface area contributed by atoms with Gasteiger partial charge < -0.3 is 19.0 Å². The van der Waals surface area contributed by atoms with Crippen LogP contribution in [0, 0.1) is 5.92 Å². The van der Waals surface area contributed by atoms with Crippen LogP contribution in [0.2, 0.25) is 5.02 Å². The Morgan fingerprint density at radius 2 is 1.94 bits per heavy atom. The second kappa shape index (κ2) is 11.5. The summed E-state index contributed by atoms with van der Waals surface area (Å²) in [7, 11) is 0. The minimum atomic E-state index is 0. The van der Waals surface area contributed by atoms with Crippen molar-refractivity contribution in [1.29, 1.82) is 0 Å². The van der Waals surface area contributed by atoms with E-state index in [-0.39, 0.29) is 12.4 Å². The Balaban J connectivity index is 0.00000289. The molecule has 8 heteroatoms. The van der Waals surface area contributed by atoms with Gasteiger partial charge in [-0.15, -0.1) is 12.4 Å². The first-order chi connectivity index (χ1) is 16.5. The highest BCUT2D eigenvalue weighted by molar-refractivity contribution is 6.30. The molecular weight excluding hydrogens is 483 g/mol. The third-order valence-corrected chi connectivity index (χ3v) is 6.43. The molecule has 5 rings (SSSR count). The van der Waals surface area contributed by atoms with Crippen molar-refractivity contribution in [2.24, 2.45) is 5.92 Å². The second-order valence-electron chi connectivity index (χ2n) is 9.50. The summed E-state index contributed by atoms with van der Waals surface area (Å²) in [4.78, 5) is 15.4. The van der Waals surface area contributed by atoms with Gasteiger partial charge in [0, 0.05) is 17.1 Å². The Morgan fingerprint density at radius 1 is 1.11 bits per heavy atom. The number of likely N-dealkylation sites (tertiary alicyclic amines) is 1. The first kappa shape index (κ1) is 25.5. The number of nitrogens with one attached hydrogen (secondary N) is 1. The molecule has 0 atom stereocenters. The molecule has 2 aromatic heterocycles. The van der Waals surface area contributed by atoms with Gasteiger partial charge in [0.05, 0.1) is 24.1 Å². The number of rotatable bonds is 9. The minimum Gasteiger partial charge on any atom is -0.493 e. The SMILES string of the molecule is CC(C)COc1ccc(Cl)cc1Cc1nc(-c2nc3cc(CCN4CCCC4)ccc3[nH]2)co1.Cl. The quantitative estimate of drug-likeness (QED) is 0.274. The fourth-order valence-electron chi connectivity index (χ4n) is 4.37. The summed E-state index contributed by atoms with van der Waals surface area (Å²) in [6.45, 7) is 8.46. The third kappa shape index (κ3) is 6.37. The van der Waals surface area contributed by atoms with E-state index in [4.69, 9.17) is 25.7 Å². The van der Waals surface area contributed by atoms with Crippen LogP contribution in [0.15, 0.2) is 47.1 Å². The van der Waals surface area contributed by atoms with Gasteiger partial charge in [0.1, 0.15) is 17.7 Å². The van der Waals surface area contributed by atoms with Crippen LogP contribution in [0.4, 0.5) is 0 Å². The van der Waals surface area contributed by atoms with E-state index < -0.39 is 0 Å². The van der Waals surface area contributed by atoms with Crippen molar-refractivity contribution in [3.05, 3.63) is 64.7 Å². The molecule has 186 valence electrons. The first-order valence-electron chi connectivity index (χ1n) is 12.1. The normalized spacial score (nSPS) is 14.1. The number of benzene rings is 2. The number of nitrogens with zero attached hydrogens (tertiary/aromatic N) is 3. The molecule has 0 spiro atoms. The maximum atomic E-state index is 6.24. The summed E-state index contributed by atoms with van der Waals surface area (Å²) in [5.41, 5.74) is 4.92. The molecule has 6 nitrogen and oxygen atoms in total. The summed E-state index contributed by atoms with van der Waals surface area (Å²) >= 11 is 6.24. The van der Waals surface area contributed by atoms with Gasteiger partial charge in [-0.3, -0.25) is 0 Å². The number of H-pyrrole nitrogens is 1. The zero-order chi connectivity index (χ0) is 23.5. The van der Waals surface area contributed by atoms with Crippen LogP contribution < -0.4 is 4.74 Å². The topological polar surface area (TPSA) is 67.2 Å². The summed E-state index contributed by atoms with van der Waals surface area (Å²) in [6, 6.07) is 12.1. The number of imidazole rings is 1. The Morgan fingerprint density at radius 3 is 2.74 bits per heavy atom. The molecule has 2 aromatic carbocycles. The minimum absolute atomic E-state index is 0. The maximum absolute atomic E-state index is 6.24. The maximum Gasteiger partial charge on any atom is 0.199 e. The van der Waals surface area contributed by atoms with Crippen LogP contribution in [0.3, 0.4) is 0 Å². The van der Waals surface area contributed by atoms with Gasteiger partial charge >= 0.3 is 0 Å². The molecule has 0 unspecified atom stereocenters. The van der Waals surface area contributed by atoms with Crippen LogP contribution >= 0.6 is 24.0 Å². The van der Waals surface area contributed by atoms with Crippen molar-refractivity contribution in [3.8, 4) is 17.3 Å². The van der Waals surface area contributed by atoms with Crippen LogP contribution in [-0.2, 0) is 12.8 Å². The number of aromatic nitrogens is 3. The van der Waals surface area contributed by atoms with Crippen molar-refractivity contribution in [2.75, 3.05) is 26.2 Å². The smallest absolute Gasteiger partial charge is 0.199 e. The average Bonchev–Trinajstić information content (AvgIpc) is 3.57. The number of hydrogen-bond donors (Lipinski definition) is 1. The number of fused-ring (bicyclic) bond motifs is 1. The van der Waals surface area contributed by atoms with Crippen molar-refractivity contribution in [3.63, 3.8) is 0 Å². The molecule has 0 saturated carbocycles. The molecule has 0 bridgehead atoms. The van der Waals surface area contributed by atoms with E-state index in [1.165, 1.54) is 31.5 Å². The summed E-state index contributed by atoms with van der Waals surface area (Å²) in [5, 5.41) is 0.663. The highest BCUT2D eigenvalue weighted by Gasteiger charge is 2.15. The zero-order valence-electron chi connectivity index (χ0n) is 20.2. The number of hydrogen-bond acceptors (Lipinski definition) is 5. The van der Waals surface area contributed by atoms with Gasteiger partial charge in [-0.1, -0.05) is 31.5 Å². The van der Waals surface area contributed by atoms with Gasteiger partial charge in [-0.05, 0) is 74.2 Å². The Bertz CT molecular complexity index is 1260. The highest BCUT2D eigenvalue weighted by Crippen LogP contribution is 2.27. The molecule has 4 aromatic rings. The lowest BCUT2D eigenvalue weighted by atomic mass is 10.1. The van der Waals surface area contributed by atoms with Gasteiger partial charge in [0.25, 0.3) is 0 Å². The molecule has 35 heavy (non-hydrogen) atoms. The largest absolute Gasteiger partial charge is 0.493 e. The lowest BCUT2D eigenvalue weighted by Gasteiger charge is -2.13. The van der Waals surface area contributed by atoms with Gasteiger partial charge in [0.15, 0.2) is 11.7 Å². The molecule has 0 amide bonds. The van der Waals surface area contributed by atoms with Gasteiger partial charge in [-0.2, -0.15) is 0 Å². The predicted molar refractivity (Wildman–Crippen MR) is 143 cm³/mol. The third-order valence-electron chi connectivity index (χ3n) is 6.19. The van der Waals surface area contributed by atoms with E-state index in [2.05, 4.69) is 46.9 Å². The summed E-state index contributed by atoms with van der Waals surface area (Å²) in [6.07, 6.45) is 5.85. The molecule has 1 saturated heterocycles. The fourth-order valence-corrected chi connectivity index (χ4v) is 4.56. The number of aromatic amines is 1.